The van der Waals surface area contributed by atoms with Crippen molar-refractivity contribution in [2.45, 2.75) is 63.5 Å². The van der Waals surface area contributed by atoms with Gasteiger partial charge in [-0.3, -0.25) is 9.59 Å². The van der Waals surface area contributed by atoms with E-state index in [9.17, 15) is 9.59 Å². The maximum Gasteiger partial charge on any atom is 0.308 e. The third-order valence-electron chi connectivity index (χ3n) is 4.64. The second-order valence-corrected chi connectivity index (χ2v) is 6.22. The van der Waals surface area contributed by atoms with Crippen LogP contribution in [0.5, 0.6) is 0 Å². The molecule has 0 bridgehead atoms. The Morgan fingerprint density at radius 1 is 1.05 bits per heavy atom. The first-order valence-electron chi connectivity index (χ1n) is 7.74. The van der Waals surface area contributed by atoms with Crippen LogP contribution in [0.1, 0.15) is 51.4 Å². The summed E-state index contributed by atoms with van der Waals surface area (Å²) in [6.07, 6.45) is 7.29. The first-order valence-corrected chi connectivity index (χ1v) is 7.74. The minimum absolute atomic E-state index is 0. The fraction of sp³-hybridized carbons (Fsp3) is 0.867. The number of ether oxygens (including phenoxy) is 1. The first kappa shape index (κ1) is 18.2. The number of esters is 1. The lowest BCUT2D eigenvalue weighted by Crippen LogP contribution is -2.44. The molecule has 122 valence electrons. The Bertz CT molecular complexity index is 365. The van der Waals surface area contributed by atoms with Gasteiger partial charge in [-0.15, -0.1) is 12.4 Å². The molecular weight excluding hydrogens is 292 g/mol. The highest BCUT2D eigenvalue weighted by Gasteiger charge is 2.31. The molecule has 0 spiro atoms. The molecule has 1 amide bonds. The van der Waals surface area contributed by atoms with Gasteiger partial charge in [0.1, 0.15) is 0 Å². The summed E-state index contributed by atoms with van der Waals surface area (Å²) in [6, 6.07) is 0.271. The fourth-order valence-electron chi connectivity index (χ4n) is 3.49. The molecular formula is C15H27ClN2O3. The first-order chi connectivity index (χ1) is 9.60. The Morgan fingerprint density at radius 3 is 2.38 bits per heavy atom. The standard InChI is InChI=1S/C15H26N2O3.ClH/c1-20-15(19)11-5-3-7-13(9-11)17-14(18)10-4-2-6-12(16)8-10;/h10-13H,2-9,16H2,1H3,(H,17,18);1H/t10-,11-,12+,13+;/m1./s1. The molecule has 3 N–H and O–H groups in total. The zero-order valence-electron chi connectivity index (χ0n) is 12.7. The average Bonchev–Trinajstić information content (AvgIpc) is 2.46. The van der Waals surface area contributed by atoms with Crippen LogP contribution in [-0.2, 0) is 14.3 Å². The minimum atomic E-state index is -0.149. The summed E-state index contributed by atoms with van der Waals surface area (Å²) in [7, 11) is 1.42. The molecule has 0 unspecified atom stereocenters. The predicted octanol–water partition coefficient (Wildman–Crippen LogP) is 1.77. The largest absolute Gasteiger partial charge is 0.469 e. The minimum Gasteiger partial charge on any atom is -0.469 e. The van der Waals surface area contributed by atoms with Crippen LogP contribution in [-0.4, -0.2) is 31.1 Å². The van der Waals surface area contributed by atoms with Gasteiger partial charge in [-0.1, -0.05) is 12.8 Å². The van der Waals surface area contributed by atoms with Crippen molar-refractivity contribution in [2.24, 2.45) is 17.6 Å². The zero-order chi connectivity index (χ0) is 14.5. The fourth-order valence-corrected chi connectivity index (χ4v) is 3.49. The topological polar surface area (TPSA) is 81.4 Å². The molecule has 0 aromatic heterocycles. The van der Waals surface area contributed by atoms with Crippen LogP contribution in [0.4, 0.5) is 0 Å². The van der Waals surface area contributed by atoms with Crippen LogP contribution in [0.25, 0.3) is 0 Å². The second-order valence-electron chi connectivity index (χ2n) is 6.22. The number of nitrogens with two attached hydrogens (primary N) is 1. The van der Waals surface area contributed by atoms with Gasteiger partial charge in [0.2, 0.25) is 5.91 Å². The maximum atomic E-state index is 12.3. The summed E-state index contributed by atoms with van der Waals surface area (Å²) >= 11 is 0. The van der Waals surface area contributed by atoms with Crippen molar-refractivity contribution in [1.82, 2.24) is 5.32 Å². The van der Waals surface area contributed by atoms with E-state index in [0.29, 0.717) is 6.42 Å². The molecule has 2 saturated carbocycles. The van der Waals surface area contributed by atoms with Crippen molar-refractivity contribution in [3.63, 3.8) is 0 Å². The summed E-state index contributed by atoms with van der Waals surface area (Å²) in [5, 5.41) is 3.12. The number of amides is 1. The van der Waals surface area contributed by atoms with Crippen molar-refractivity contribution in [3.05, 3.63) is 0 Å². The van der Waals surface area contributed by atoms with Gasteiger partial charge >= 0.3 is 5.97 Å². The SMILES string of the molecule is COC(=O)[C@@H]1CCC[C@H](NC(=O)[C@@H]2CCC[C@H](N)C2)C1.Cl. The number of hydrogen-bond donors (Lipinski definition) is 2. The molecule has 2 fully saturated rings. The van der Waals surface area contributed by atoms with Crippen LogP contribution < -0.4 is 11.1 Å². The van der Waals surface area contributed by atoms with Crippen LogP contribution in [0, 0.1) is 11.8 Å². The normalized spacial score (nSPS) is 32.7. The zero-order valence-corrected chi connectivity index (χ0v) is 13.5. The van der Waals surface area contributed by atoms with Crippen molar-refractivity contribution in [1.29, 1.82) is 0 Å². The molecule has 2 aliphatic carbocycles. The monoisotopic (exact) mass is 318 g/mol. The summed E-state index contributed by atoms with van der Waals surface area (Å²) in [5.74, 6) is -0.0378. The molecule has 0 aromatic carbocycles. The summed E-state index contributed by atoms with van der Waals surface area (Å²) < 4.78 is 4.81. The predicted molar refractivity (Wildman–Crippen MR) is 83.1 cm³/mol. The number of halogens is 1. The average molecular weight is 319 g/mol. The molecule has 0 saturated heterocycles. The third kappa shape index (κ3) is 5.15. The van der Waals surface area contributed by atoms with E-state index >= 15 is 0 Å². The van der Waals surface area contributed by atoms with Crippen LogP contribution >= 0.6 is 12.4 Å². The van der Waals surface area contributed by atoms with E-state index in [1.165, 1.54) is 7.11 Å². The van der Waals surface area contributed by atoms with Gasteiger partial charge in [-0.2, -0.15) is 0 Å². The smallest absolute Gasteiger partial charge is 0.308 e. The van der Waals surface area contributed by atoms with Crippen molar-refractivity contribution < 1.29 is 14.3 Å². The number of hydrogen-bond acceptors (Lipinski definition) is 4. The third-order valence-corrected chi connectivity index (χ3v) is 4.64. The van der Waals surface area contributed by atoms with E-state index < -0.39 is 0 Å². The second kappa shape index (κ2) is 8.59. The van der Waals surface area contributed by atoms with Gasteiger partial charge in [0.05, 0.1) is 13.0 Å². The lowest BCUT2D eigenvalue weighted by molar-refractivity contribution is -0.147. The van der Waals surface area contributed by atoms with Crippen LogP contribution in [0.3, 0.4) is 0 Å². The number of rotatable bonds is 3. The Morgan fingerprint density at radius 2 is 1.71 bits per heavy atom. The highest BCUT2D eigenvalue weighted by Crippen LogP contribution is 2.27. The number of nitrogens with one attached hydrogen (secondary N) is 1. The van der Waals surface area contributed by atoms with E-state index in [1.807, 2.05) is 0 Å². The lowest BCUT2D eigenvalue weighted by Gasteiger charge is -2.31. The van der Waals surface area contributed by atoms with Gasteiger partial charge in [0.15, 0.2) is 0 Å². The summed E-state index contributed by atoms with van der Waals surface area (Å²) in [4.78, 5) is 23.9. The molecule has 0 heterocycles. The Kier molecular flexibility index (Phi) is 7.46. The van der Waals surface area contributed by atoms with E-state index in [4.69, 9.17) is 10.5 Å². The van der Waals surface area contributed by atoms with E-state index in [0.717, 1.165) is 44.9 Å². The molecule has 0 radical (unpaired) electrons. The van der Waals surface area contributed by atoms with Crippen molar-refractivity contribution in [2.75, 3.05) is 7.11 Å². The Labute approximate surface area is 132 Å². The van der Waals surface area contributed by atoms with E-state index in [-0.39, 0.29) is 48.2 Å². The van der Waals surface area contributed by atoms with Gasteiger partial charge in [0, 0.05) is 18.0 Å². The lowest BCUT2D eigenvalue weighted by atomic mass is 9.83. The van der Waals surface area contributed by atoms with Gasteiger partial charge in [-0.25, -0.2) is 0 Å². The van der Waals surface area contributed by atoms with Crippen molar-refractivity contribution in [3.8, 4) is 0 Å². The molecule has 0 aromatic rings. The van der Waals surface area contributed by atoms with Gasteiger partial charge in [0.25, 0.3) is 0 Å². The number of methoxy groups -OCH3 is 1. The van der Waals surface area contributed by atoms with Crippen LogP contribution in [0.2, 0.25) is 0 Å². The molecule has 4 atom stereocenters. The molecule has 0 aliphatic heterocycles. The maximum absolute atomic E-state index is 12.3. The molecule has 2 aliphatic rings. The van der Waals surface area contributed by atoms with Gasteiger partial charge in [-0.05, 0) is 38.5 Å². The van der Waals surface area contributed by atoms with E-state index in [2.05, 4.69) is 5.32 Å². The Hall–Kier alpha value is -0.810. The molecule has 2 rings (SSSR count). The Balaban J connectivity index is 0.00000220. The summed E-state index contributed by atoms with van der Waals surface area (Å²) in [5.41, 5.74) is 5.93. The van der Waals surface area contributed by atoms with E-state index in [1.54, 1.807) is 0 Å². The summed E-state index contributed by atoms with van der Waals surface area (Å²) in [6.45, 7) is 0. The van der Waals surface area contributed by atoms with Crippen LogP contribution in [0.15, 0.2) is 0 Å². The molecule has 21 heavy (non-hydrogen) atoms. The highest BCUT2D eigenvalue weighted by atomic mass is 35.5. The van der Waals surface area contributed by atoms with Gasteiger partial charge < -0.3 is 15.8 Å². The quantitative estimate of drug-likeness (QED) is 0.777. The van der Waals surface area contributed by atoms with Crippen molar-refractivity contribution >= 4 is 24.3 Å². The highest BCUT2D eigenvalue weighted by molar-refractivity contribution is 5.85. The number of carbonyl (C=O) groups is 2. The number of carbonyl (C=O) groups excluding carboxylic acids is 2. The molecule has 5 nitrogen and oxygen atoms in total. The molecule has 6 heteroatoms.